The molecule has 1 atom stereocenters. The largest absolute Gasteiger partial charge is 0.493 e. The minimum absolute atomic E-state index is 0.0596. The number of hydrogen-bond acceptors (Lipinski definition) is 7. The lowest BCUT2D eigenvalue weighted by Gasteiger charge is -2.12. The van der Waals surface area contributed by atoms with E-state index in [1.54, 1.807) is 30.3 Å². The first-order valence-electron chi connectivity index (χ1n) is 11.0. The van der Waals surface area contributed by atoms with E-state index < -0.39 is 11.8 Å². The van der Waals surface area contributed by atoms with Gasteiger partial charge in [-0.05, 0) is 61.2 Å². The number of hydrazone groups is 1. The Morgan fingerprint density at radius 3 is 2.71 bits per heavy atom. The molecular weight excluding hydrogens is 476 g/mol. The van der Waals surface area contributed by atoms with Crippen LogP contribution in [0.5, 0.6) is 11.5 Å². The number of ether oxygens (including phenoxy) is 3. The minimum atomic E-state index is -0.882. The third kappa shape index (κ3) is 7.97. The van der Waals surface area contributed by atoms with Gasteiger partial charge in [-0.25, -0.2) is 5.43 Å². The Bertz CT molecular complexity index is 1100. The Morgan fingerprint density at radius 1 is 1.17 bits per heavy atom. The Kier molecular flexibility index (Phi) is 9.45. The number of hydrogen-bond donors (Lipinski definition) is 3. The quantitative estimate of drug-likeness (QED) is 0.274. The van der Waals surface area contributed by atoms with E-state index in [4.69, 9.17) is 25.8 Å². The second-order valence-electron chi connectivity index (χ2n) is 7.76. The van der Waals surface area contributed by atoms with Crippen LogP contribution in [0.25, 0.3) is 0 Å². The SMILES string of the molecule is COc1cc(/C=N\NC(=O)C(=O)NC[C@@H]2CCCO2)ccc1OCC(=O)Nc1ccc(C)c(Cl)c1. The molecule has 1 heterocycles. The van der Waals surface area contributed by atoms with E-state index in [2.05, 4.69) is 21.2 Å². The zero-order chi connectivity index (χ0) is 25.2. The Labute approximate surface area is 208 Å². The lowest BCUT2D eigenvalue weighted by atomic mass is 10.2. The van der Waals surface area contributed by atoms with Gasteiger partial charge in [-0.2, -0.15) is 5.10 Å². The highest BCUT2D eigenvalue weighted by molar-refractivity contribution is 6.35. The molecule has 1 aliphatic heterocycles. The van der Waals surface area contributed by atoms with Crippen molar-refractivity contribution in [3.8, 4) is 11.5 Å². The molecule has 10 nitrogen and oxygen atoms in total. The second kappa shape index (κ2) is 12.7. The molecule has 0 saturated carbocycles. The molecule has 3 amide bonds. The maximum atomic E-state index is 12.2. The first kappa shape index (κ1) is 26.0. The van der Waals surface area contributed by atoms with Gasteiger partial charge in [0.05, 0.1) is 19.4 Å². The van der Waals surface area contributed by atoms with Crippen molar-refractivity contribution < 1.29 is 28.6 Å². The lowest BCUT2D eigenvalue weighted by molar-refractivity contribution is -0.139. The normalized spacial score (nSPS) is 15.0. The number of methoxy groups -OCH3 is 1. The average molecular weight is 503 g/mol. The Hall–Kier alpha value is -3.63. The summed E-state index contributed by atoms with van der Waals surface area (Å²) in [4.78, 5) is 35.9. The molecule has 0 aliphatic carbocycles. The van der Waals surface area contributed by atoms with Gasteiger partial charge in [0.1, 0.15) is 0 Å². The number of benzene rings is 2. The molecule has 35 heavy (non-hydrogen) atoms. The molecule has 0 aromatic heterocycles. The molecule has 11 heteroatoms. The van der Waals surface area contributed by atoms with Crippen LogP contribution < -0.4 is 25.5 Å². The number of rotatable bonds is 9. The number of halogens is 1. The molecule has 3 rings (SSSR count). The Balaban J connectivity index is 1.48. The smallest absolute Gasteiger partial charge is 0.329 e. The lowest BCUT2D eigenvalue weighted by Crippen LogP contribution is -2.41. The fourth-order valence-electron chi connectivity index (χ4n) is 3.20. The van der Waals surface area contributed by atoms with Crippen LogP contribution >= 0.6 is 11.6 Å². The highest BCUT2D eigenvalue weighted by Gasteiger charge is 2.19. The molecule has 0 unspecified atom stereocenters. The Morgan fingerprint density at radius 2 is 2.00 bits per heavy atom. The average Bonchev–Trinajstić information content (AvgIpc) is 3.37. The van der Waals surface area contributed by atoms with Crippen molar-refractivity contribution in [3.63, 3.8) is 0 Å². The number of anilines is 1. The summed E-state index contributed by atoms with van der Waals surface area (Å²) in [5, 5.41) is 9.58. The number of nitrogens with zero attached hydrogens (tertiary/aromatic N) is 1. The summed E-state index contributed by atoms with van der Waals surface area (Å²) < 4.78 is 16.3. The molecule has 0 bridgehead atoms. The second-order valence-corrected chi connectivity index (χ2v) is 8.16. The molecule has 0 radical (unpaired) electrons. The van der Waals surface area contributed by atoms with Crippen molar-refractivity contribution in [2.24, 2.45) is 5.10 Å². The standard InChI is InChI=1S/C24H27ClN4O6/c1-15-5-7-17(11-19(15)25)28-22(30)14-35-20-8-6-16(10-21(20)33-2)12-27-29-24(32)23(31)26-13-18-4-3-9-34-18/h5-8,10-12,18H,3-4,9,13-14H2,1-2H3,(H,26,31)(H,28,30)(H,29,32)/b27-12-/t18-/m0/s1. The highest BCUT2D eigenvalue weighted by atomic mass is 35.5. The van der Waals surface area contributed by atoms with E-state index in [1.165, 1.54) is 13.3 Å². The monoisotopic (exact) mass is 502 g/mol. The molecule has 1 aliphatic rings. The molecule has 186 valence electrons. The maximum Gasteiger partial charge on any atom is 0.329 e. The fourth-order valence-corrected chi connectivity index (χ4v) is 3.38. The summed E-state index contributed by atoms with van der Waals surface area (Å²) in [5.74, 6) is -1.32. The number of carbonyl (C=O) groups is 3. The molecule has 0 spiro atoms. The first-order valence-corrected chi connectivity index (χ1v) is 11.3. The molecule has 2 aromatic rings. The van der Waals surface area contributed by atoms with Crippen LogP contribution in [-0.2, 0) is 19.1 Å². The molecular formula is C24H27ClN4O6. The van der Waals surface area contributed by atoms with Gasteiger partial charge in [-0.15, -0.1) is 0 Å². The van der Waals surface area contributed by atoms with Crippen LogP contribution in [0.3, 0.4) is 0 Å². The van der Waals surface area contributed by atoms with Crippen molar-refractivity contribution in [2.75, 3.05) is 32.2 Å². The van der Waals surface area contributed by atoms with E-state index in [0.29, 0.717) is 34.4 Å². The first-order chi connectivity index (χ1) is 16.9. The minimum Gasteiger partial charge on any atom is -0.493 e. The van der Waals surface area contributed by atoms with Crippen molar-refractivity contribution in [1.82, 2.24) is 10.7 Å². The molecule has 3 N–H and O–H groups in total. The summed E-state index contributed by atoms with van der Waals surface area (Å²) in [7, 11) is 1.46. The van der Waals surface area contributed by atoms with E-state index in [-0.39, 0.29) is 25.2 Å². The van der Waals surface area contributed by atoms with Gasteiger partial charge in [-0.3, -0.25) is 14.4 Å². The summed E-state index contributed by atoms with van der Waals surface area (Å²) in [6, 6.07) is 10.1. The van der Waals surface area contributed by atoms with E-state index >= 15 is 0 Å². The van der Waals surface area contributed by atoms with E-state index in [0.717, 1.165) is 18.4 Å². The van der Waals surface area contributed by atoms with Crippen LogP contribution in [0, 0.1) is 6.92 Å². The van der Waals surface area contributed by atoms with Crippen molar-refractivity contribution in [2.45, 2.75) is 25.9 Å². The number of carbonyl (C=O) groups excluding carboxylic acids is 3. The summed E-state index contributed by atoms with van der Waals surface area (Å²) in [5.41, 5.74) is 4.22. The van der Waals surface area contributed by atoms with Gasteiger partial charge in [0.25, 0.3) is 5.91 Å². The highest BCUT2D eigenvalue weighted by Crippen LogP contribution is 2.27. The van der Waals surface area contributed by atoms with Crippen LogP contribution in [0.1, 0.15) is 24.0 Å². The van der Waals surface area contributed by atoms with E-state index in [1.807, 2.05) is 13.0 Å². The number of nitrogens with one attached hydrogen (secondary N) is 3. The zero-order valence-electron chi connectivity index (χ0n) is 19.4. The van der Waals surface area contributed by atoms with Crippen LogP contribution in [0.15, 0.2) is 41.5 Å². The van der Waals surface area contributed by atoms with Gasteiger partial charge in [0, 0.05) is 23.9 Å². The fraction of sp³-hybridized carbons (Fsp3) is 0.333. The molecule has 1 saturated heterocycles. The predicted molar refractivity (Wildman–Crippen MR) is 131 cm³/mol. The van der Waals surface area contributed by atoms with Gasteiger partial charge in [-0.1, -0.05) is 17.7 Å². The van der Waals surface area contributed by atoms with E-state index in [9.17, 15) is 14.4 Å². The van der Waals surface area contributed by atoms with Crippen molar-refractivity contribution in [3.05, 3.63) is 52.5 Å². The maximum absolute atomic E-state index is 12.2. The third-order valence-corrected chi connectivity index (χ3v) is 5.51. The van der Waals surface area contributed by atoms with Gasteiger partial charge < -0.3 is 24.8 Å². The predicted octanol–water partition coefficient (Wildman–Crippen LogP) is 2.42. The van der Waals surface area contributed by atoms with Crippen molar-refractivity contribution in [1.29, 1.82) is 0 Å². The van der Waals surface area contributed by atoms with Gasteiger partial charge in [0.15, 0.2) is 18.1 Å². The third-order valence-electron chi connectivity index (χ3n) is 5.10. The molecule has 2 aromatic carbocycles. The number of amides is 3. The van der Waals surface area contributed by atoms with Gasteiger partial charge in [0.2, 0.25) is 0 Å². The number of aryl methyl sites for hydroxylation is 1. The van der Waals surface area contributed by atoms with Crippen LogP contribution in [0.2, 0.25) is 5.02 Å². The zero-order valence-corrected chi connectivity index (χ0v) is 20.2. The summed E-state index contributed by atoms with van der Waals surface area (Å²) in [6.45, 7) is 2.58. The molecule has 1 fully saturated rings. The van der Waals surface area contributed by atoms with Crippen molar-refractivity contribution >= 4 is 41.2 Å². The summed E-state index contributed by atoms with van der Waals surface area (Å²) in [6.07, 6.45) is 3.09. The van der Waals surface area contributed by atoms with Gasteiger partial charge >= 0.3 is 11.8 Å². The topological polar surface area (TPSA) is 127 Å². The summed E-state index contributed by atoms with van der Waals surface area (Å²) >= 11 is 6.07. The van der Waals surface area contributed by atoms with Crippen LogP contribution in [-0.4, -0.2) is 56.9 Å². The van der Waals surface area contributed by atoms with Crippen LogP contribution in [0.4, 0.5) is 5.69 Å².